The van der Waals surface area contributed by atoms with Gasteiger partial charge in [0.05, 0.1) is 23.4 Å². The number of hydrogen-bond acceptors (Lipinski definition) is 6. The first kappa shape index (κ1) is 22.3. The van der Waals surface area contributed by atoms with Gasteiger partial charge in [-0.3, -0.25) is 4.79 Å². The molecule has 0 spiro atoms. The number of benzene rings is 1. The van der Waals surface area contributed by atoms with E-state index in [-0.39, 0.29) is 27.9 Å². The zero-order chi connectivity index (χ0) is 22.7. The van der Waals surface area contributed by atoms with Gasteiger partial charge in [0.15, 0.2) is 0 Å². The van der Waals surface area contributed by atoms with E-state index in [0.717, 1.165) is 35.7 Å². The molecule has 1 saturated heterocycles. The van der Waals surface area contributed by atoms with E-state index in [9.17, 15) is 14.3 Å². The fourth-order valence-electron chi connectivity index (χ4n) is 3.64. The second-order valence-corrected chi connectivity index (χ2v) is 7.86. The number of ether oxygens (including phenoxy) is 1. The molecule has 10 heteroatoms. The highest BCUT2D eigenvalue weighted by atomic mass is 35.5. The summed E-state index contributed by atoms with van der Waals surface area (Å²) in [5.41, 5.74) is -0.0426. The molecule has 0 unspecified atom stereocenters. The van der Waals surface area contributed by atoms with Crippen molar-refractivity contribution in [3.8, 4) is 11.3 Å². The Labute approximate surface area is 187 Å². The molecule has 0 aliphatic carbocycles. The molecule has 0 radical (unpaired) electrons. The molecule has 0 amide bonds. The maximum absolute atomic E-state index is 15.0. The number of anilines is 1. The topological polar surface area (TPSA) is 89.3 Å². The standard InChI is InChI=1S/C22H21ClF2N4O3/c23-16-2-1-13(9-17(16)24)20(12-30)29-11-18(25)15(10-21(29)31)19-3-6-26-22(28-19)27-14-4-7-32-8-5-14/h1-3,6,9-11,14,20,30H,4-5,7-8,12H2,(H,26,27,28)/t20-/m1/s1. The van der Waals surface area contributed by atoms with Gasteiger partial charge in [0, 0.05) is 43.3 Å². The van der Waals surface area contributed by atoms with Crippen molar-refractivity contribution >= 4 is 17.5 Å². The summed E-state index contributed by atoms with van der Waals surface area (Å²) < 4.78 is 35.2. The van der Waals surface area contributed by atoms with Crippen LogP contribution < -0.4 is 10.9 Å². The van der Waals surface area contributed by atoms with E-state index in [4.69, 9.17) is 16.3 Å². The van der Waals surface area contributed by atoms with Crippen LogP contribution in [0.3, 0.4) is 0 Å². The Kier molecular flexibility index (Phi) is 6.78. The molecule has 4 rings (SSSR count). The first-order chi connectivity index (χ1) is 15.5. The van der Waals surface area contributed by atoms with Gasteiger partial charge in [-0.1, -0.05) is 17.7 Å². The lowest BCUT2D eigenvalue weighted by Gasteiger charge is -2.23. The predicted octanol–water partition coefficient (Wildman–Crippen LogP) is 3.41. The number of rotatable bonds is 6. The van der Waals surface area contributed by atoms with E-state index in [1.54, 1.807) is 0 Å². The third-order valence-electron chi connectivity index (χ3n) is 5.36. The number of hydrogen-bond donors (Lipinski definition) is 2. The molecule has 1 fully saturated rings. The number of nitrogens with one attached hydrogen (secondary N) is 1. The monoisotopic (exact) mass is 462 g/mol. The summed E-state index contributed by atoms with van der Waals surface area (Å²) in [5, 5.41) is 12.9. The SMILES string of the molecule is O=c1cc(-c2ccnc(NC3CCOCC3)n2)c(F)cn1[C@H](CO)c1ccc(Cl)c(F)c1. The summed E-state index contributed by atoms with van der Waals surface area (Å²) in [6.45, 7) is 0.758. The smallest absolute Gasteiger partial charge is 0.252 e. The van der Waals surface area contributed by atoms with Gasteiger partial charge in [0.2, 0.25) is 5.95 Å². The van der Waals surface area contributed by atoms with Crippen molar-refractivity contribution < 1.29 is 18.6 Å². The lowest BCUT2D eigenvalue weighted by atomic mass is 10.1. The zero-order valence-corrected chi connectivity index (χ0v) is 17.7. The molecule has 2 N–H and O–H groups in total. The van der Waals surface area contributed by atoms with Crippen LogP contribution in [0.1, 0.15) is 24.4 Å². The highest BCUT2D eigenvalue weighted by molar-refractivity contribution is 6.30. The van der Waals surface area contributed by atoms with Crippen LogP contribution in [0.25, 0.3) is 11.3 Å². The third-order valence-corrected chi connectivity index (χ3v) is 5.66. The fraction of sp³-hybridized carbons (Fsp3) is 0.318. The summed E-state index contributed by atoms with van der Waals surface area (Å²) in [6, 6.07) is 5.69. The van der Waals surface area contributed by atoms with Gasteiger partial charge in [-0.25, -0.2) is 18.7 Å². The Hall–Kier alpha value is -2.88. The van der Waals surface area contributed by atoms with Crippen molar-refractivity contribution in [3.63, 3.8) is 0 Å². The van der Waals surface area contributed by atoms with Crippen LogP contribution in [0.15, 0.2) is 47.5 Å². The molecule has 2 aromatic heterocycles. The minimum absolute atomic E-state index is 0.00246. The van der Waals surface area contributed by atoms with E-state index in [1.807, 2.05) is 0 Å². The summed E-state index contributed by atoms with van der Waals surface area (Å²) in [6.07, 6.45) is 4.10. The van der Waals surface area contributed by atoms with Gasteiger partial charge >= 0.3 is 0 Å². The summed E-state index contributed by atoms with van der Waals surface area (Å²) >= 11 is 5.70. The Morgan fingerprint density at radius 1 is 1.22 bits per heavy atom. The second-order valence-electron chi connectivity index (χ2n) is 7.45. The number of aliphatic hydroxyl groups is 1. The maximum Gasteiger partial charge on any atom is 0.252 e. The van der Waals surface area contributed by atoms with Crippen LogP contribution in [0.5, 0.6) is 0 Å². The minimum Gasteiger partial charge on any atom is -0.394 e. The van der Waals surface area contributed by atoms with Crippen molar-refractivity contribution in [1.82, 2.24) is 14.5 Å². The van der Waals surface area contributed by atoms with E-state index in [0.29, 0.717) is 19.2 Å². The molecule has 7 nitrogen and oxygen atoms in total. The number of aromatic nitrogens is 3. The molecule has 3 aromatic rings. The molecule has 32 heavy (non-hydrogen) atoms. The van der Waals surface area contributed by atoms with Crippen LogP contribution in [-0.2, 0) is 4.74 Å². The van der Waals surface area contributed by atoms with Crippen LogP contribution in [0.4, 0.5) is 14.7 Å². The first-order valence-electron chi connectivity index (χ1n) is 10.1. The third kappa shape index (κ3) is 4.79. The Morgan fingerprint density at radius 3 is 2.72 bits per heavy atom. The van der Waals surface area contributed by atoms with Gasteiger partial charge in [0.25, 0.3) is 5.56 Å². The lowest BCUT2D eigenvalue weighted by Crippen LogP contribution is -2.29. The number of halogens is 3. The molecule has 0 saturated carbocycles. The average molecular weight is 463 g/mol. The van der Waals surface area contributed by atoms with E-state index < -0.39 is 29.8 Å². The van der Waals surface area contributed by atoms with Crippen LogP contribution in [0.2, 0.25) is 5.02 Å². The molecular formula is C22H21ClF2N4O3. The normalized spacial score (nSPS) is 15.5. The molecule has 168 valence electrons. The summed E-state index contributed by atoms with van der Waals surface area (Å²) in [5.74, 6) is -1.07. The van der Waals surface area contributed by atoms with E-state index in [1.165, 1.54) is 24.4 Å². The van der Waals surface area contributed by atoms with Crippen molar-refractivity contribution in [1.29, 1.82) is 0 Å². The van der Waals surface area contributed by atoms with E-state index in [2.05, 4.69) is 15.3 Å². The Balaban J connectivity index is 1.64. The number of pyridine rings is 1. The van der Waals surface area contributed by atoms with Crippen molar-refractivity contribution in [2.75, 3.05) is 25.1 Å². The second kappa shape index (κ2) is 9.72. The van der Waals surface area contributed by atoms with E-state index >= 15 is 4.39 Å². The number of nitrogens with zero attached hydrogens (tertiary/aromatic N) is 3. The molecule has 0 bridgehead atoms. The van der Waals surface area contributed by atoms with Gasteiger partial charge in [-0.15, -0.1) is 0 Å². The quantitative estimate of drug-likeness (QED) is 0.583. The van der Waals surface area contributed by atoms with Gasteiger partial charge < -0.3 is 19.7 Å². The Bertz CT molecular complexity index is 1170. The molecule has 1 aliphatic rings. The number of aliphatic hydroxyl groups excluding tert-OH is 1. The minimum atomic E-state index is -0.978. The van der Waals surface area contributed by atoms with Gasteiger partial charge in [-0.2, -0.15) is 0 Å². The molecule has 1 aromatic carbocycles. The summed E-state index contributed by atoms with van der Waals surface area (Å²) in [4.78, 5) is 21.3. The Morgan fingerprint density at radius 2 is 2.00 bits per heavy atom. The van der Waals surface area contributed by atoms with Gasteiger partial charge in [-0.05, 0) is 36.6 Å². The summed E-state index contributed by atoms with van der Waals surface area (Å²) in [7, 11) is 0. The van der Waals surface area contributed by atoms with Crippen LogP contribution in [-0.4, -0.2) is 45.5 Å². The average Bonchev–Trinajstić information content (AvgIpc) is 2.79. The highest BCUT2D eigenvalue weighted by Gasteiger charge is 2.20. The van der Waals surface area contributed by atoms with Crippen molar-refractivity contribution in [2.24, 2.45) is 0 Å². The molecule has 1 aliphatic heterocycles. The molecule has 3 heterocycles. The van der Waals surface area contributed by atoms with Crippen molar-refractivity contribution in [3.05, 3.63) is 75.3 Å². The maximum atomic E-state index is 15.0. The first-order valence-corrected chi connectivity index (χ1v) is 10.5. The molecule has 1 atom stereocenters. The fourth-order valence-corrected chi connectivity index (χ4v) is 3.76. The van der Waals surface area contributed by atoms with Crippen LogP contribution >= 0.6 is 11.6 Å². The highest BCUT2D eigenvalue weighted by Crippen LogP contribution is 2.25. The van der Waals surface area contributed by atoms with Gasteiger partial charge in [0.1, 0.15) is 11.6 Å². The largest absolute Gasteiger partial charge is 0.394 e. The predicted molar refractivity (Wildman–Crippen MR) is 116 cm³/mol. The van der Waals surface area contributed by atoms with Crippen molar-refractivity contribution in [2.45, 2.75) is 24.9 Å². The molecular weight excluding hydrogens is 442 g/mol. The van der Waals surface area contributed by atoms with Crippen LogP contribution in [0, 0.1) is 11.6 Å². The lowest BCUT2D eigenvalue weighted by molar-refractivity contribution is 0.0903. The zero-order valence-electron chi connectivity index (χ0n) is 17.0.